The predicted octanol–water partition coefficient (Wildman–Crippen LogP) is 2.25. The van der Waals surface area contributed by atoms with E-state index in [1.54, 1.807) is 0 Å². The zero-order valence-corrected chi connectivity index (χ0v) is 9.11. The summed E-state index contributed by atoms with van der Waals surface area (Å²) in [4.78, 5) is 11.7. The van der Waals surface area contributed by atoms with E-state index in [9.17, 15) is 18.0 Å². The van der Waals surface area contributed by atoms with Gasteiger partial charge in [0.05, 0.1) is 5.56 Å². The monoisotopic (exact) mass is 254 g/mol. The molecule has 0 spiro atoms. The molecule has 1 heterocycles. The molecule has 0 unspecified atom stereocenters. The molecule has 0 bridgehead atoms. The number of nitrogens with two attached hydrogens (primary N) is 1. The summed E-state index contributed by atoms with van der Waals surface area (Å²) in [5.41, 5.74) is -1.77. The van der Waals surface area contributed by atoms with Crippen LogP contribution < -0.4 is 11.4 Å². The Morgan fingerprint density at radius 2 is 1.61 bits per heavy atom. The molecule has 2 rings (SSSR count). The van der Waals surface area contributed by atoms with Gasteiger partial charge in [0.2, 0.25) is 0 Å². The summed E-state index contributed by atoms with van der Waals surface area (Å²) in [6.45, 7) is 0. The van der Waals surface area contributed by atoms with Gasteiger partial charge < -0.3 is 5.84 Å². The summed E-state index contributed by atoms with van der Waals surface area (Å²) in [6.07, 6.45) is -3.24. The number of alkyl halides is 3. The molecule has 0 aliphatic heterocycles. The third-order valence-electron chi connectivity index (χ3n) is 2.50. The zero-order valence-electron chi connectivity index (χ0n) is 9.11. The number of hydrogen-bond acceptors (Lipinski definition) is 2. The molecule has 1 aromatic heterocycles. The summed E-state index contributed by atoms with van der Waals surface area (Å²) in [5.74, 6) is 5.34. The molecule has 0 amide bonds. The highest BCUT2D eigenvalue weighted by atomic mass is 19.4. The van der Waals surface area contributed by atoms with Crippen LogP contribution in [0.25, 0.3) is 11.1 Å². The number of benzene rings is 1. The van der Waals surface area contributed by atoms with Gasteiger partial charge in [0.15, 0.2) is 0 Å². The second-order valence-electron chi connectivity index (χ2n) is 3.68. The predicted molar refractivity (Wildman–Crippen MR) is 61.3 cm³/mol. The third kappa shape index (κ3) is 2.09. The fraction of sp³-hybridized carbons (Fsp3) is 0.0833. The largest absolute Gasteiger partial charge is 0.417 e. The Kier molecular flexibility index (Phi) is 2.86. The Morgan fingerprint density at radius 3 is 2.28 bits per heavy atom. The first-order valence-corrected chi connectivity index (χ1v) is 5.04. The van der Waals surface area contributed by atoms with Crippen molar-refractivity contribution in [2.75, 3.05) is 5.84 Å². The van der Waals surface area contributed by atoms with Gasteiger partial charge in [-0.25, -0.2) is 4.68 Å². The number of pyridine rings is 1. The van der Waals surface area contributed by atoms with Gasteiger partial charge in [-0.3, -0.25) is 4.79 Å². The Bertz CT molecular complexity index is 632. The first-order chi connectivity index (χ1) is 8.41. The van der Waals surface area contributed by atoms with Crippen molar-refractivity contribution in [1.29, 1.82) is 0 Å². The van der Waals surface area contributed by atoms with E-state index >= 15 is 0 Å². The lowest BCUT2D eigenvalue weighted by Crippen LogP contribution is -2.27. The minimum absolute atomic E-state index is 0.0760. The molecule has 2 N–H and O–H groups in total. The van der Waals surface area contributed by atoms with Gasteiger partial charge in [0.1, 0.15) is 0 Å². The van der Waals surface area contributed by atoms with Crippen molar-refractivity contribution in [1.82, 2.24) is 4.68 Å². The molecule has 2 aromatic rings. The Balaban J connectivity index is 2.73. The molecule has 0 atom stereocenters. The van der Waals surface area contributed by atoms with Gasteiger partial charge in [0.25, 0.3) is 5.56 Å². The molecule has 0 aliphatic rings. The van der Waals surface area contributed by atoms with Crippen molar-refractivity contribution in [2.45, 2.75) is 6.18 Å². The highest BCUT2D eigenvalue weighted by Crippen LogP contribution is 2.35. The van der Waals surface area contributed by atoms with Crippen LogP contribution in [-0.2, 0) is 6.18 Å². The van der Waals surface area contributed by atoms with Crippen molar-refractivity contribution in [3.05, 3.63) is 58.5 Å². The zero-order chi connectivity index (χ0) is 13.3. The molecule has 6 heteroatoms. The number of hydrogen-bond donors (Lipinski definition) is 1. The first-order valence-electron chi connectivity index (χ1n) is 5.04. The normalized spacial score (nSPS) is 11.5. The van der Waals surface area contributed by atoms with Crippen LogP contribution in [0.1, 0.15) is 5.56 Å². The second-order valence-corrected chi connectivity index (χ2v) is 3.68. The number of nitrogen functional groups attached to an aromatic ring is 1. The minimum atomic E-state index is -4.52. The van der Waals surface area contributed by atoms with Crippen LogP contribution >= 0.6 is 0 Å². The number of aromatic nitrogens is 1. The molecule has 3 nitrogen and oxygen atoms in total. The maximum atomic E-state index is 12.8. The number of rotatable bonds is 1. The van der Waals surface area contributed by atoms with Crippen molar-refractivity contribution < 1.29 is 13.2 Å². The van der Waals surface area contributed by atoms with E-state index in [2.05, 4.69) is 0 Å². The van der Waals surface area contributed by atoms with Gasteiger partial charge in [-0.2, -0.15) is 13.2 Å². The SMILES string of the molecule is Nn1cccc(-c2ccccc2C(F)(F)F)c1=O. The van der Waals surface area contributed by atoms with Crippen LogP contribution in [0.15, 0.2) is 47.4 Å². The fourth-order valence-electron chi connectivity index (χ4n) is 1.68. The lowest BCUT2D eigenvalue weighted by atomic mass is 10.0. The van der Waals surface area contributed by atoms with E-state index in [0.717, 1.165) is 10.7 Å². The van der Waals surface area contributed by atoms with E-state index in [-0.39, 0.29) is 11.1 Å². The summed E-state index contributed by atoms with van der Waals surface area (Å²) >= 11 is 0. The molecule has 0 radical (unpaired) electrons. The quantitative estimate of drug-likeness (QED) is 0.793. The van der Waals surface area contributed by atoms with Crippen LogP contribution in [0.3, 0.4) is 0 Å². The molecule has 0 saturated carbocycles. The summed E-state index contributed by atoms with van der Waals surface area (Å²) in [7, 11) is 0. The van der Waals surface area contributed by atoms with E-state index in [0.29, 0.717) is 0 Å². The summed E-state index contributed by atoms with van der Waals surface area (Å²) in [6, 6.07) is 7.64. The standard InChI is InChI=1S/C12H9F3N2O/c13-12(14,15)10-6-2-1-4-8(10)9-5-3-7-17(16)11(9)18/h1-7H,16H2. The maximum Gasteiger partial charge on any atom is 0.417 e. The highest BCUT2D eigenvalue weighted by Gasteiger charge is 2.33. The molecular weight excluding hydrogens is 245 g/mol. The number of nitrogens with zero attached hydrogens (tertiary/aromatic N) is 1. The molecule has 0 fully saturated rings. The average Bonchev–Trinajstić information content (AvgIpc) is 2.32. The van der Waals surface area contributed by atoms with Gasteiger partial charge >= 0.3 is 6.18 Å². The van der Waals surface area contributed by atoms with Gasteiger partial charge in [0, 0.05) is 11.8 Å². The smallest absolute Gasteiger partial charge is 0.336 e. The van der Waals surface area contributed by atoms with Crippen LogP contribution in [0.2, 0.25) is 0 Å². The lowest BCUT2D eigenvalue weighted by Gasteiger charge is -2.12. The van der Waals surface area contributed by atoms with Crippen LogP contribution in [0.4, 0.5) is 13.2 Å². The molecule has 1 aromatic carbocycles. The Morgan fingerprint density at radius 1 is 1.00 bits per heavy atom. The second kappa shape index (κ2) is 4.21. The van der Waals surface area contributed by atoms with Crippen LogP contribution in [-0.4, -0.2) is 4.68 Å². The molecule has 94 valence electrons. The molecule has 0 aliphatic carbocycles. The summed E-state index contributed by atoms with van der Waals surface area (Å²) in [5, 5.41) is 0. The number of halogens is 3. The van der Waals surface area contributed by atoms with E-state index in [1.807, 2.05) is 0 Å². The van der Waals surface area contributed by atoms with Crippen molar-refractivity contribution in [3.63, 3.8) is 0 Å². The molecule has 0 saturated heterocycles. The van der Waals surface area contributed by atoms with Crippen molar-refractivity contribution in [2.24, 2.45) is 0 Å². The first kappa shape index (κ1) is 12.2. The van der Waals surface area contributed by atoms with Gasteiger partial charge in [-0.15, -0.1) is 0 Å². The highest BCUT2D eigenvalue weighted by molar-refractivity contribution is 5.67. The summed E-state index contributed by atoms with van der Waals surface area (Å²) < 4.78 is 39.2. The van der Waals surface area contributed by atoms with E-state index in [1.165, 1.54) is 36.5 Å². The van der Waals surface area contributed by atoms with E-state index in [4.69, 9.17) is 5.84 Å². The molecule has 18 heavy (non-hydrogen) atoms. The molecular formula is C12H9F3N2O. The van der Waals surface area contributed by atoms with Crippen LogP contribution in [0, 0.1) is 0 Å². The Hall–Kier alpha value is -2.24. The van der Waals surface area contributed by atoms with Crippen LogP contribution in [0.5, 0.6) is 0 Å². The van der Waals surface area contributed by atoms with Gasteiger partial charge in [-0.05, 0) is 23.8 Å². The lowest BCUT2D eigenvalue weighted by molar-refractivity contribution is -0.137. The van der Waals surface area contributed by atoms with Crippen molar-refractivity contribution in [3.8, 4) is 11.1 Å². The minimum Gasteiger partial charge on any atom is -0.336 e. The topological polar surface area (TPSA) is 48.0 Å². The maximum absolute atomic E-state index is 12.8. The van der Waals surface area contributed by atoms with Crippen molar-refractivity contribution >= 4 is 0 Å². The fourth-order valence-corrected chi connectivity index (χ4v) is 1.68. The van der Waals surface area contributed by atoms with Gasteiger partial charge in [-0.1, -0.05) is 18.2 Å². The third-order valence-corrected chi connectivity index (χ3v) is 2.50. The Labute approximate surface area is 100 Å². The average molecular weight is 254 g/mol. The van der Waals surface area contributed by atoms with E-state index < -0.39 is 17.3 Å².